The van der Waals surface area contributed by atoms with E-state index in [2.05, 4.69) is 5.32 Å². The van der Waals surface area contributed by atoms with Crippen LogP contribution in [-0.2, 0) is 9.53 Å². The van der Waals surface area contributed by atoms with Crippen LogP contribution in [0.3, 0.4) is 0 Å². The molecule has 2 aliphatic carbocycles. The number of nitrogens with two attached hydrogens (primary N) is 1. The molecule has 0 radical (unpaired) electrons. The van der Waals surface area contributed by atoms with E-state index in [1.54, 1.807) is 0 Å². The summed E-state index contributed by atoms with van der Waals surface area (Å²) in [6.45, 7) is 0.254. The van der Waals surface area contributed by atoms with Gasteiger partial charge < -0.3 is 15.8 Å². The van der Waals surface area contributed by atoms with Crippen molar-refractivity contribution < 1.29 is 9.53 Å². The zero-order chi connectivity index (χ0) is 10.8. The number of hydrogen-bond donors (Lipinski definition) is 2. The van der Waals surface area contributed by atoms with Gasteiger partial charge in [-0.1, -0.05) is 0 Å². The van der Waals surface area contributed by atoms with Crippen LogP contribution < -0.4 is 11.1 Å². The zero-order valence-corrected chi connectivity index (χ0v) is 10.5. The summed E-state index contributed by atoms with van der Waals surface area (Å²) in [5, 5.41) is 3.10. The van der Waals surface area contributed by atoms with Crippen molar-refractivity contribution in [3.8, 4) is 0 Å². The average molecular weight is 249 g/mol. The Labute approximate surface area is 103 Å². The Morgan fingerprint density at radius 3 is 2.19 bits per heavy atom. The van der Waals surface area contributed by atoms with Crippen molar-refractivity contribution in [2.24, 2.45) is 17.6 Å². The minimum Gasteiger partial charge on any atom is -0.370 e. The fraction of sp³-hybridized carbons (Fsp3) is 0.909. The number of ether oxygens (including phenoxy) is 1. The third-order valence-electron chi connectivity index (χ3n) is 3.36. The van der Waals surface area contributed by atoms with Gasteiger partial charge in [0, 0.05) is 19.7 Å². The Morgan fingerprint density at radius 2 is 1.88 bits per heavy atom. The third kappa shape index (κ3) is 3.34. The van der Waals surface area contributed by atoms with Crippen LogP contribution in [0, 0.1) is 11.8 Å². The molecule has 0 aliphatic heterocycles. The molecule has 3 N–H and O–H groups in total. The fourth-order valence-electron chi connectivity index (χ4n) is 2.10. The first-order valence-corrected chi connectivity index (χ1v) is 5.79. The average Bonchev–Trinajstić information content (AvgIpc) is 3.08. The third-order valence-corrected chi connectivity index (χ3v) is 3.36. The molecule has 0 aromatic rings. The molecule has 5 heteroatoms. The van der Waals surface area contributed by atoms with Gasteiger partial charge in [-0.15, -0.1) is 12.4 Å². The van der Waals surface area contributed by atoms with Gasteiger partial charge in [0.2, 0.25) is 0 Å². The van der Waals surface area contributed by atoms with Crippen LogP contribution in [0.15, 0.2) is 0 Å². The maximum absolute atomic E-state index is 11.8. The summed E-state index contributed by atoms with van der Waals surface area (Å²) in [6, 6.07) is 0.390. The first kappa shape index (κ1) is 13.7. The molecule has 16 heavy (non-hydrogen) atoms. The van der Waals surface area contributed by atoms with E-state index in [9.17, 15) is 4.79 Å². The van der Waals surface area contributed by atoms with Gasteiger partial charge in [0.1, 0.15) is 6.10 Å². The number of carbonyl (C=O) groups excluding carboxylic acids is 1. The maximum atomic E-state index is 11.8. The minimum absolute atomic E-state index is 0. The Morgan fingerprint density at radius 1 is 1.38 bits per heavy atom. The molecule has 0 bridgehead atoms. The van der Waals surface area contributed by atoms with Crippen molar-refractivity contribution in [1.29, 1.82) is 0 Å². The molecule has 0 aromatic carbocycles. The van der Waals surface area contributed by atoms with E-state index in [1.165, 1.54) is 32.8 Å². The molecule has 2 rings (SSSR count). The second-order valence-corrected chi connectivity index (χ2v) is 4.67. The highest BCUT2D eigenvalue weighted by Gasteiger charge is 2.42. The molecular weight excluding hydrogens is 228 g/mol. The number of amides is 1. The van der Waals surface area contributed by atoms with Gasteiger partial charge in [-0.25, -0.2) is 0 Å². The largest absolute Gasteiger partial charge is 0.370 e. The summed E-state index contributed by atoms with van der Waals surface area (Å²) >= 11 is 0. The van der Waals surface area contributed by atoms with Gasteiger partial charge in [0.05, 0.1) is 0 Å². The van der Waals surface area contributed by atoms with Crippen LogP contribution in [0.2, 0.25) is 0 Å². The van der Waals surface area contributed by atoms with Crippen LogP contribution >= 0.6 is 12.4 Å². The van der Waals surface area contributed by atoms with Crippen molar-refractivity contribution in [3.63, 3.8) is 0 Å². The molecular formula is C11H21ClN2O2. The van der Waals surface area contributed by atoms with Gasteiger partial charge in [0.15, 0.2) is 0 Å². The Balaban J connectivity index is 0.00000128. The first-order valence-electron chi connectivity index (χ1n) is 5.79. The molecule has 1 amide bonds. The predicted molar refractivity (Wildman–Crippen MR) is 64.5 cm³/mol. The lowest BCUT2D eigenvalue weighted by molar-refractivity contribution is -0.131. The van der Waals surface area contributed by atoms with Crippen molar-refractivity contribution in [1.82, 2.24) is 5.32 Å². The summed E-state index contributed by atoms with van der Waals surface area (Å²) in [5.41, 5.74) is 5.46. The number of nitrogens with one attached hydrogen (secondary N) is 1. The number of halogens is 1. The molecule has 2 fully saturated rings. The monoisotopic (exact) mass is 248 g/mol. The summed E-state index contributed by atoms with van der Waals surface area (Å²) in [6.07, 6.45) is 4.58. The summed E-state index contributed by atoms with van der Waals surface area (Å²) in [5.74, 6) is 1.40. The molecule has 1 unspecified atom stereocenters. The number of carbonyl (C=O) groups is 1. The molecule has 94 valence electrons. The number of hydrogen-bond acceptors (Lipinski definition) is 3. The van der Waals surface area contributed by atoms with E-state index in [0.29, 0.717) is 6.04 Å². The number of methoxy groups -OCH3 is 1. The van der Waals surface area contributed by atoms with E-state index in [0.717, 1.165) is 11.8 Å². The second kappa shape index (κ2) is 5.84. The van der Waals surface area contributed by atoms with E-state index >= 15 is 0 Å². The summed E-state index contributed by atoms with van der Waals surface area (Å²) in [7, 11) is 1.53. The zero-order valence-electron chi connectivity index (χ0n) is 9.65. The molecule has 0 saturated heterocycles. The quantitative estimate of drug-likeness (QED) is 0.727. The van der Waals surface area contributed by atoms with Crippen LogP contribution in [-0.4, -0.2) is 31.7 Å². The van der Waals surface area contributed by atoms with E-state index in [-0.39, 0.29) is 24.9 Å². The van der Waals surface area contributed by atoms with Gasteiger partial charge in [-0.3, -0.25) is 4.79 Å². The highest BCUT2D eigenvalue weighted by molar-refractivity contribution is 5.85. The van der Waals surface area contributed by atoms with E-state index in [4.69, 9.17) is 10.5 Å². The Kier molecular flexibility index (Phi) is 5.02. The molecule has 1 atom stereocenters. The molecule has 2 aliphatic rings. The molecule has 0 heterocycles. The molecule has 0 spiro atoms. The maximum Gasteiger partial charge on any atom is 0.250 e. The van der Waals surface area contributed by atoms with Crippen LogP contribution in [0.1, 0.15) is 25.7 Å². The lowest BCUT2D eigenvalue weighted by Gasteiger charge is -2.20. The van der Waals surface area contributed by atoms with Crippen molar-refractivity contribution in [2.75, 3.05) is 13.7 Å². The van der Waals surface area contributed by atoms with E-state index < -0.39 is 6.10 Å². The molecule has 0 aromatic heterocycles. The molecule has 4 nitrogen and oxygen atoms in total. The predicted octanol–water partition coefficient (Wildman–Crippen LogP) is 0.687. The lowest BCUT2D eigenvalue weighted by Crippen LogP contribution is -2.46. The fourth-order valence-corrected chi connectivity index (χ4v) is 2.10. The highest BCUT2D eigenvalue weighted by atomic mass is 35.5. The van der Waals surface area contributed by atoms with Gasteiger partial charge in [0.25, 0.3) is 5.91 Å². The number of rotatable bonds is 6. The van der Waals surface area contributed by atoms with Crippen molar-refractivity contribution in [3.05, 3.63) is 0 Å². The van der Waals surface area contributed by atoms with Gasteiger partial charge in [-0.05, 0) is 37.5 Å². The summed E-state index contributed by atoms with van der Waals surface area (Å²) in [4.78, 5) is 11.8. The highest BCUT2D eigenvalue weighted by Crippen LogP contribution is 2.44. The lowest BCUT2D eigenvalue weighted by atomic mass is 10.1. The normalized spacial score (nSPS) is 21.4. The van der Waals surface area contributed by atoms with E-state index in [1.807, 2.05) is 0 Å². The topological polar surface area (TPSA) is 64.3 Å². The van der Waals surface area contributed by atoms with Crippen LogP contribution in [0.25, 0.3) is 0 Å². The van der Waals surface area contributed by atoms with Crippen LogP contribution in [0.4, 0.5) is 0 Å². The minimum atomic E-state index is -0.481. The van der Waals surface area contributed by atoms with Crippen molar-refractivity contribution in [2.45, 2.75) is 37.8 Å². The first-order chi connectivity index (χ1) is 7.26. The smallest absolute Gasteiger partial charge is 0.250 e. The Bertz CT molecular complexity index is 226. The van der Waals surface area contributed by atoms with Gasteiger partial charge in [-0.2, -0.15) is 0 Å². The Hall–Kier alpha value is -0.320. The van der Waals surface area contributed by atoms with Crippen molar-refractivity contribution >= 4 is 18.3 Å². The molecule has 2 saturated carbocycles. The SMILES string of the molecule is COC(CN)C(=O)NC(C1CC1)C1CC1.Cl. The summed E-state index contributed by atoms with van der Waals surface area (Å²) < 4.78 is 5.03. The standard InChI is InChI=1S/C11H20N2O2.ClH/c1-15-9(6-12)11(14)13-10(7-2-3-7)8-4-5-8;/h7-10H,2-6,12H2,1H3,(H,13,14);1H. The second-order valence-electron chi connectivity index (χ2n) is 4.67. The van der Waals surface area contributed by atoms with Gasteiger partial charge >= 0.3 is 0 Å². The van der Waals surface area contributed by atoms with Crippen LogP contribution in [0.5, 0.6) is 0 Å².